The van der Waals surface area contributed by atoms with Crippen molar-refractivity contribution < 1.29 is 19.1 Å². The van der Waals surface area contributed by atoms with Gasteiger partial charge in [0.2, 0.25) is 11.8 Å². The summed E-state index contributed by atoms with van der Waals surface area (Å²) in [6.07, 6.45) is 3.01. The number of carbonyl (C=O) groups is 2. The van der Waals surface area contributed by atoms with E-state index in [1.165, 1.54) is 18.2 Å². The van der Waals surface area contributed by atoms with Crippen LogP contribution in [0.4, 0.5) is 0 Å². The van der Waals surface area contributed by atoms with Gasteiger partial charge in [0.05, 0.1) is 6.10 Å². The molecule has 8 nitrogen and oxygen atoms in total. The SMILES string of the molecule is COCC(=O)N1CC(N(Cc2ccccc2C)CC2CCCO2)CC1C(=O)N1CCNCC1. The number of hydrogen-bond acceptors (Lipinski definition) is 6. The Labute approximate surface area is 197 Å². The van der Waals surface area contributed by atoms with E-state index in [1.54, 1.807) is 4.90 Å². The summed E-state index contributed by atoms with van der Waals surface area (Å²) in [5.74, 6) is -0.0437. The van der Waals surface area contributed by atoms with E-state index in [-0.39, 0.29) is 30.6 Å². The van der Waals surface area contributed by atoms with Gasteiger partial charge in [0, 0.05) is 65.6 Å². The molecule has 33 heavy (non-hydrogen) atoms. The van der Waals surface area contributed by atoms with Crippen molar-refractivity contribution in [1.82, 2.24) is 20.0 Å². The molecule has 182 valence electrons. The fourth-order valence-corrected chi connectivity index (χ4v) is 5.29. The van der Waals surface area contributed by atoms with Crippen LogP contribution in [0.15, 0.2) is 24.3 Å². The first-order valence-corrected chi connectivity index (χ1v) is 12.2. The highest BCUT2D eigenvalue weighted by Crippen LogP contribution is 2.28. The van der Waals surface area contributed by atoms with E-state index in [9.17, 15) is 9.59 Å². The molecule has 1 N–H and O–H groups in total. The smallest absolute Gasteiger partial charge is 0.249 e. The Balaban J connectivity index is 1.55. The number of aryl methyl sites for hydroxylation is 1. The zero-order chi connectivity index (χ0) is 23.2. The number of benzene rings is 1. The predicted molar refractivity (Wildman–Crippen MR) is 126 cm³/mol. The van der Waals surface area contributed by atoms with Gasteiger partial charge in [0.15, 0.2) is 0 Å². The first-order chi connectivity index (χ1) is 16.1. The minimum absolute atomic E-state index is 0.00157. The fourth-order valence-electron chi connectivity index (χ4n) is 5.29. The highest BCUT2D eigenvalue weighted by Gasteiger charge is 2.43. The molecule has 0 spiro atoms. The van der Waals surface area contributed by atoms with Crippen LogP contribution < -0.4 is 5.32 Å². The molecule has 4 rings (SSSR count). The number of amides is 2. The van der Waals surface area contributed by atoms with Crippen LogP contribution in [0, 0.1) is 6.92 Å². The molecule has 3 fully saturated rings. The van der Waals surface area contributed by atoms with E-state index in [2.05, 4.69) is 41.4 Å². The summed E-state index contributed by atoms with van der Waals surface area (Å²) in [4.78, 5) is 32.5. The maximum Gasteiger partial charge on any atom is 0.249 e. The van der Waals surface area contributed by atoms with E-state index < -0.39 is 6.04 Å². The molecule has 1 aromatic rings. The summed E-state index contributed by atoms with van der Waals surface area (Å²) in [7, 11) is 1.53. The van der Waals surface area contributed by atoms with Crippen molar-refractivity contribution in [3.8, 4) is 0 Å². The van der Waals surface area contributed by atoms with Gasteiger partial charge in [-0.2, -0.15) is 0 Å². The molecule has 0 saturated carbocycles. The number of rotatable bonds is 8. The molecule has 2 amide bonds. The summed E-state index contributed by atoms with van der Waals surface area (Å²) >= 11 is 0. The molecule has 0 bridgehead atoms. The lowest BCUT2D eigenvalue weighted by Gasteiger charge is -2.32. The molecule has 3 unspecified atom stereocenters. The van der Waals surface area contributed by atoms with Gasteiger partial charge in [-0.25, -0.2) is 0 Å². The Kier molecular flexibility index (Phi) is 8.35. The molecule has 0 aliphatic carbocycles. The van der Waals surface area contributed by atoms with Gasteiger partial charge in [-0.05, 0) is 37.3 Å². The standard InChI is InChI=1S/C25H38N4O4/c1-19-6-3-4-7-20(19)15-28(17-22-8-5-13-33-22)21-14-23(29(16-21)24(30)18-32-2)25(31)27-11-9-26-10-12-27/h3-4,6-7,21-23,26H,5,8-18H2,1-2H3. The van der Waals surface area contributed by atoms with Crippen LogP contribution in [-0.4, -0.2) is 104 Å². The minimum atomic E-state index is -0.431. The van der Waals surface area contributed by atoms with Gasteiger partial charge in [-0.3, -0.25) is 14.5 Å². The summed E-state index contributed by atoms with van der Waals surface area (Å²) in [5, 5.41) is 3.30. The Morgan fingerprint density at radius 1 is 1.24 bits per heavy atom. The molecule has 0 radical (unpaired) electrons. The second-order valence-corrected chi connectivity index (χ2v) is 9.45. The Hall–Kier alpha value is -2.00. The molecule has 3 saturated heterocycles. The molecule has 3 heterocycles. The average molecular weight is 459 g/mol. The average Bonchev–Trinajstić information content (AvgIpc) is 3.50. The van der Waals surface area contributed by atoms with Crippen LogP contribution in [0.3, 0.4) is 0 Å². The van der Waals surface area contributed by atoms with Crippen LogP contribution in [0.25, 0.3) is 0 Å². The third-order valence-electron chi connectivity index (χ3n) is 7.19. The predicted octanol–water partition coefficient (Wildman–Crippen LogP) is 1.02. The molecule has 3 atom stereocenters. The third-order valence-corrected chi connectivity index (χ3v) is 7.19. The fraction of sp³-hybridized carbons (Fsp3) is 0.680. The number of methoxy groups -OCH3 is 1. The lowest BCUT2D eigenvalue weighted by atomic mass is 10.0. The maximum absolute atomic E-state index is 13.5. The molecular weight excluding hydrogens is 420 g/mol. The molecule has 3 aliphatic heterocycles. The van der Waals surface area contributed by atoms with E-state index >= 15 is 0 Å². The van der Waals surface area contributed by atoms with Crippen molar-refractivity contribution in [1.29, 1.82) is 0 Å². The van der Waals surface area contributed by atoms with Gasteiger partial charge in [0.1, 0.15) is 12.6 Å². The summed E-state index contributed by atoms with van der Waals surface area (Å²) in [5.41, 5.74) is 2.54. The largest absolute Gasteiger partial charge is 0.377 e. The lowest BCUT2D eigenvalue weighted by molar-refractivity contribution is -0.146. The highest BCUT2D eigenvalue weighted by atomic mass is 16.5. The summed E-state index contributed by atoms with van der Waals surface area (Å²) < 4.78 is 11.1. The Bertz CT molecular complexity index is 807. The minimum Gasteiger partial charge on any atom is -0.377 e. The Morgan fingerprint density at radius 3 is 2.73 bits per heavy atom. The van der Waals surface area contributed by atoms with Gasteiger partial charge in [-0.1, -0.05) is 24.3 Å². The van der Waals surface area contributed by atoms with Crippen LogP contribution in [0.5, 0.6) is 0 Å². The summed E-state index contributed by atoms with van der Waals surface area (Å²) in [6, 6.07) is 8.12. The number of hydrogen-bond donors (Lipinski definition) is 1. The maximum atomic E-state index is 13.5. The van der Waals surface area contributed by atoms with Crippen molar-refractivity contribution in [2.75, 3.05) is 59.6 Å². The van der Waals surface area contributed by atoms with Gasteiger partial charge in [0.25, 0.3) is 0 Å². The quantitative estimate of drug-likeness (QED) is 0.627. The van der Waals surface area contributed by atoms with E-state index in [0.29, 0.717) is 26.1 Å². The van der Waals surface area contributed by atoms with Gasteiger partial charge in [-0.15, -0.1) is 0 Å². The number of nitrogens with one attached hydrogen (secondary N) is 1. The van der Waals surface area contributed by atoms with Crippen LogP contribution in [-0.2, 0) is 25.6 Å². The zero-order valence-electron chi connectivity index (χ0n) is 20.0. The highest BCUT2D eigenvalue weighted by molar-refractivity contribution is 5.89. The molecule has 8 heteroatoms. The van der Waals surface area contributed by atoms with Crippen LogP contribution in [0.1, 0.15) is 30.4 Å². The van der Waals surface area contributed by atoms with E-state index in [4.69, 9.17) is 9.47 Å². The third kappa shape index (κ3) is 5.93. The monoisotopic (exact) mass is 458 g/mol. The second-order valence-electron chi connectivity index (χ2n) is 9.45. The van der Waals surface area contributed by atoms with Crippen molar-refractivity contribution in [3.05, 3.63) is 35.4 Å². The van der Waals surface area contributed by atoms with Crippen LogP contribution >= 0.6 is 0 Å². The van der Waals surface area contributed by atoms with E-state index in [1.807, 2.05) is 4.90 Å². The van der Waals surface area contributed by atoms with E-state index in [0.717, 1.165) is 45.6 Å². The second kappa shape index (κ2) is 11.4. The first kappa shape index (κ1) is 24.1. The lowest BCUT2D eigenvalue weighted by Crippen LogP contribution is -2.53. The number of likely N-dealkylation sites (tertiary alicyclic amines) is 1. The topological polar surface area (TPSA) is 74.4 Å². The van der Waals surface area contributed by atoms with Crippen molar-refractivity contribution in [3.63, 3.8) is 0 Å². The van der Waals surface area contributed by atoms with Crippen molar-refractivity contribution >= 4 is 11.8 Å². The normalized spacial score (nSPS) is 25.7. The Morgan fingerprint density at radius 2 is 2.03 bits per heavy atom. The zero-order valence-corrected chi connectivity index (χ0v) is 20.0. The number of ether oxygens (including phenoxy) is 2. The number of carbonyl (C=O) groups excluding carboxylic acids is 2. The molecule has 3 aliphatic rings. The van der Waals surface area contributed by atoms with Crippen molar-refractivity contribution in [2.24, 2.45) is 0 Å². The van der Waals surface area contributed by atoms with Crippen molar-refractivity contribution in [2.45, 2.75) is 50.9 Å². The van der Waals surface area contributed by atoms with Gasteiger partial charge >= 0.3 is 0 Å². The van der Waals surface area contributed by atoms with Gasteiger partial charge < -0.3 is 24.6 Å². The molecule has 0 aromatic heterocycles. The summed E-state index contributed by atoms with van der Waals surface area (Å²) in [6.45, 7) is 8.08. The molecule has 1 aromatic carbocycles. The number of piperazine rings is 1. The number of nitrogens with zero attached hydrogens (tertiary/aromatic N) is 3. The molecular formula is C25H38N4O4. The van der Waals surface area contributed by atoms with Crippen LogP contribution in [0.2, 0.25) is 0 Å². The first-order valence-electron chi connectivity index (χ1n) is 12.2.